The smallest absolute Gasteiger partial charge is 0.254 e. The molecule has 10 nitrogen and oxygen atoms in total. The van der Waals surface area contributed by atoms with Crippen LogP contribution in [0.5, 0.6) is 5.75 Å². The van der Waals surface area contributed by atoms with Crippen LogP contribution in [0.1, 0.15) is 87.9 Å². The molecule has 0 radical (unpaired) electrons. The zero-order chi connectivity index (χ0) is 30.9. The lowest BCUT2D eigenvalue weighted by Crippen LogP contribution is -2.75. The average Bonchev–Trinajstić information content (AvgIpc) is 3.07. The Kier molecular flexibility index (Phi) is 11.5. The molecule has 1 aliphatic carbocycles. The molecule has 1 aromatic rings. The van der Waals surface area contributed by atoms with Crippen molar-refractivity contribution in [2.24, 2.45) is 5.92 Å². The van der Waals surface area contributed by atoms with Gasteiger partial charge in [0.15, 0.2) is 0 Å². The lowest BCUT2D eigenvalue weighted by Gasteiger charge is -2.52. The molecule has 3 amide bonds. The van der Waals surface area contributed by atoms with Crippen LogP contribution in [0.25, 0.3) is 0 Å². The van der Waals surface area contributed by atoms with Gasteiger partial charge in [-0.1, -0.05) is 32.6 Å². The first kappa shape index (κ1) is 32.7. The third-order valence-corrected chi connectivity index (χ3v) is 10.2. The highest BCUT2D eigenvalue weighted by Crippen LogP contribution is 2.36. The number of amides is 3. The summed E-state index contributed by atoms with van der Waals surface area (Å²) < 4.78 is 11.3. The summed E-state index contributed by atoms with van der Waals surface area (Å²) >= 11 is 0. The van der Waals surface area contributed by atoms with E-state index < -0.39 is 17.7 Å². The summed E-state index contributed by atoms with van der Waals surface area (Å²) in [5.41, 5.74) is -0.149. The van der Waals surface area contributed by atoms with Crippen LogP contribution in [0.4, 0.5) is 0 Å². The molecular formula is C34H52N4O6. The van der Waals surface area contributed by atoms with Crippen LogP contribution in [0, 0.1) is 5.92 Å². The van der Waals surface area contributed by atoms with Crippen LogP contribution < -0.4 is 10.1 Å². The molecule has 3 aliphatic heterocycles. The van der Waals surface area contributed by atoms with E-state index >= 15 is 0 Å². The van der Waals surface area contributed by atoms with Gasteiger partial charge in [-0.15, -0.1) is 0 Å². The molecule has 1 spiro atoms. The van der Waals surface area contributed by atoms with E-state index in [1.54, 1.807) is 0 Å². The maximum atomic E-state index is 13.8. The predicted molar refractivity (Wildman–Crippen MR) is 167 cm³/mol. The van der Waals surface area contributed by atoms with Gasteiger partial charge in [0.25, 0.3) is 5.91 Å². The summed E-state index contributed by atoms with van der Waals surface area (Å²) in [4.78, 5) is 46.2. The molecule has 5 rings (SSSR count). The largest absolute Gasteiger partial charge is 0.494 e. The van der Waals surface area contributed by atoms with Crippen molar-refractivity contribution < 1.29 is 29.0 Å². The maximum absolute atomic E-state index is 13.8. The standard InChI is InChI=1S/C34H52N4O6/c1-2-3-18-38-32(41)29(30(39)26-9-5-4-6-10-26)35-33(42)34(38)15-19-36(20-16-34)17-7-8-23-44-28-13-11-27(12-14-28)31(40)37-21-24-43-25-22-37/h11-14,26,29-30,39H,2-10,15-25H2,1H3,(H,35,42)/t29-,30-/m1/s1. The van der Waals surface area contributed by atoms with Crippen LogP contribution >= 0.6 is 0 Å². The average molecular weight is 613 g/mol. The molecule has 2 N–H and O–H groups in total. The molecule has 3 heterocycles. The van der Waals surface area contributed by atoms with E-state index in [1.807, 2.05) is 34.1 Å². The highest BCUT2D eigenvalue weighted by Gasteiger charge is 2.55. The van der Waals surface area contributed by atoms with Gasteiger partial charge in [-0.2, -0.15) is 0 Å². The Morgan fingerprint density at radius 2 is 1.70 bits per heavy atom. The highest BCUT2D eigenvalue weighted by molar-refractivity contribution is 6.00. The minimum Gasteiger partial charge on any atom is -0.494 e. The molecule has 44 heavy (non-hydrogen) atoms. The van der Waals surface area contributed by atoms with E-state index in [-0.39, 0.29) is 23.6 Å². The summed E-state index contributed by atoms with van der Waals surface area (Å²) in [5, 5.41) is 14.2. The minimum atomic E-state index is -0.826. The lowest BCUT2D eigenvalue weighted by molar-refractivity contribution is -0.165. The van der Waals surface area contributed by atoms with Crippen LogP contribution in [-0.4, -0.2) is 114 Å². The summed E-state index contributed by atoms with van der Waals surface area (Å²) in [7, 11) is 0. The molecule has 244 valence electrons. The van der Waals surface area contributed by atoms with Gasteiger partial charge in [-0.25, -0.2) is 0 Å². The van der Waals surface area contributed by atoms with Crippen molar-refractivity contribution in [3.63, 3.8) is 0 Å². The fourth-order valence-corrected chi connectivity index (χ4v) is 7.37. The fourth-order valence-electron chi connectivity index (χ4n) is 7.37. The summed E-state index contributed by atoms with van der Waals surface area (Å²) in [6.07, 6.45) is 9.26. The molecular weight excluding hydrogens is 560 g/mol. The predicted octanol–water partition coefficient (Wildman–Crippen LogP) is 3.22. The number of hydrogen-bond acceptors (Lipinski definition) is 7. The molecule has 1 aromatic carbocycles. The number of nitrogens with zero attached hydrogens (tertiary/aromatic N) is 3. The van der Waals surface area contributed by atoms with Crippen molar-refractivity contribution in [3.05, 3.63) is 29.8 Å². The molecule has 4 fully saturated rings. The Morgan fingerprint density at radius 3 is 2.39 bits per heavy atom. The quantitative estimate of drug-likeness (QED) is 0.349. The number of unbranched alkanes of at least 4 members (excludes halogenated alkanes) is 2. The maximum Gasteiger partial charge on any atom is 0.254 e. The highest BCUT2D eigenvalue weighted by atomic mass is 16.5. The Balaban J connectivity index is 1.06. The molecule has 10 heteroatoms. The number of benzene rings is 1. The fraction of sp³-hybridized carbons (Fsp3) is 0.735. The zero-order valence-corrected chi connectivity index (χ0v) is 26.5. The number of carbonyl (C=O) groups is 3. The van der Waals surface area contributed by atoms with Crippen molar-refractivity contribution >= 4 is 17.7 Å². The second-order valence-corrected chi connectivity index (χ2v) is 13.0. The Morgan fingerprint density at radius 1 is 1.00 bits per heavy atom. The molecule has 3 saturated heterocycles. The number of carbonyl (C=O) groups excluding carboxylic acids is 3. The van der Waals surface area contributed by atoms with E-state index in [4.69, 9.17) is 9.47 Å². The normalized spacial score (nSPS) is 23.9. The minimum absolute atomic E-state index is 0.0311. The number of rotatable bonds is 12. The SMILES string of the molecule is CCCCN1C(=O)[C@@H]([C@H](O)C2CCCCC2)NC(=O)C12CCN(CCCCOc1ccc(C(=O)N3CCOCC3)cc1)CC2. The van der Waals surface area contributed by atoms with E-state index in [2.05, 4.69) is 17.1 Å². The Bertz CT molecular complexity index is 1090. The zero-order valence-electron chi connectivity index (χ0n) is 26.5. The van der Waals surface area contributed by atoms with Crippen LogP contribution in [0.2, 0.25) is 0 Å². The Hall–Kier alpha value is -2.69. The van der Waals surface area contributed by atoms with Crippen LogP contribution in [0.3, 0.4) is 0 Å². The van der Waals surface area contributed by atoms with Gasteiger partial charge in [-0.05, 0) is 81.7 Å². The molecule has 0 aromatic heterocycles. The van der Waals surface area contributed by atoms with E-state index in [9.17, 15) is 19.5 Å². The van der Waals surface area contributed by atoms with Crippen molar-refractivity contribution in [1.82, 2.24) is 20.0 Å². The number of aliphatic hydroxyl groups excluding tert-OH is 1. The van der Waals surface area contributed by atoms with Crippen LogP contribution in [0.15, 0.2) is 24.3 Å². The van der Waals surface area contributed by atoms with Crippen molar-refractivity contribution in [3.8, 4) is 5.75 Å². The first-order valence-electron chi connectivity index (χ1n) is 17.1. The molecule has 0 bridgehead atoms. The van der Waals surface area contributed by atoms with Gasteiger partial charge in [0, 0.05) is 38.3 Å². The number of aliphatic hydroxyl groups is 1. The van der Waals surface area contributed by atoms with Crippen molar-refractivity contribution in [2.75, 3.05) is 59.1 Å². The summed E-state index contributed by atoms with van der Waals surface area (Å²) in [5.74, 6) is 0.688. The van der Waals surface area contributed by atoms with Gasteiger partial charge in [0.05, 0.1) is 25.9 Å². The topological polar surface area (TPSA) is 112 Å². The number of ether oxygens (including phenoxy) is 2. The molecule has 2 atom stereocenters. The van der Waals surface area contributed by atoms with Gasteiger partial charge in [-0.3, -0.25) is 14.4 Å². The number of piperidine rings is 1. The van der Waals surface area contributed by atoms with Crippen molar-refractivity contribution in [2.45, 2.75) is 95.2 Å². The first-order chi connectivity index (χ1) is 21.4. The lowest BCUT2D eigenvalue weighted by atomic mass is 9.78. The first-order valence-corrected chi connectivity index (χ1v) is 17.1. The number of likely N-dealkylation sites (tertiary alicyclic amines) is 1. The number of hydrogen-bond donors (Lipinski definition) is 2. The second-order valence-electron chi connectivity index (χ2n) is 13.0. The monoisotopic (exact) mass is 612 g/mol. The molecule has 1 saturated carbocycles. The van der Waals surface area contributed by atoms with Gasteiger partial charge in [0.1, 0.15) is 17.3 Å². The summed E-state index contributed by atoms with van der Waals surface area (Å²) in [6, 6.07) is 6.54. The van der Waals surface area contributed by atoms with Crippen molar-refractivity contribution in [1.29, 1.82) is 0 Å². The second kappa shape index (κ2) is 15.5. The van der Waals surface area contributed by atoms with E-state index in [0.717, 1.165) is 76.8 Å². The number of morpholine rings is 1. The van der Waals surface area contributed by atoms with Gasteiger partial charge >= 0.3 is 0 Å². The third kappa shape index (κ3) is 7.57. The third-order valence-electron chi connectivity index (χ3n) is 10.2. The van der Waals surface area contributed by atoms with E-state index in [0.29, 0.717) is 57.9 Å². The Labute approximate surface area is 262 Å². The molecule has 4 aliphatic rings. The summed E-state index contributed by atoms with van der Waals surface area (Å²) in [6.45, 7) is 8.14. The van der Waals surface area contributed by atoms with Crippen LogP contribution in [-0.2, 0) is 14.3 Å². The molecule has 0 unspecified atom stereocenters. The number of piperazine rings is 1. The number of nitrogens with one attached hydrogen (secondary N) is 1. The van der Waals surface area contributed by atoms with Gasteiger partial charge < -0.3 is 34.6 Å². The van der Waals surface area contributed by atoms with Gasteiger partial charge in [0.2, 0.25) is 11.8 Å². The van der Waals surface area contributed by atoms with E-state index in [1.165, 1.54) is 6.42 Å².